The maximum absolute atomic E-state index is 12.2. The van der Waals surface area contributed by atoms with Gasteiger partial charge in [-0.05, 0) is 30.9 Å². The number of nitrogens with zero attached hydrogens (tertiary/aromatic N) is 5. The van der Waals surface area contributed by atoms with Gasteiger partial charge in [0.1, 0.15) is 12.4 Å². The normalized spacial score (nSPS) is 17.1. The van der Waals surface area contributed by atoms with Gasteiger partial charge in [-0.25, -0.2) is 0 Å². The highest BCUT2D eigenvalue weighted by molar-refractivity contribution is 7.86. The first-order valence-electron chi connectivity index (χ1n) is 8.70. The van der Waals surface area contributed by atoms with Gasteiger partial charge in [0.15, 0.2) is 5.82 Å². The van der Waals surface area contributed by atoms with Crippen LogP contribution in [0.4, 0.5) is 0 Å². The number of benzene rings is 1. The van der Waals surface area contributed by atoms with Crippen LogP contribution in [0.15, 0.2) is 30.3 Å². The zero-order valence-electron chi connectivity index (χ0n) is 15.1. The van der Waals surface area contributed by atoms with Crippen molar-refractivity contribution in [2.24, 2.45) is 5.92 Å². The van der Waals surface area contributed by atoms with E-state index in [0.29, 0.717) is 31.3 Å². The number of hydrogen-bond acceptors (Lipinski definition) is 5. The first-order chi connectivity index (χ1) is 12.4. The predicted octanol–water partition coefficient (Wildman–Crippen LogP) is 0.821. The zero-order valence-corrected chi connectivity index (χ0v) is 15.9. The molecular formula is C17H25N5O3S. The van der Waals surface area contributed by atoms with Crippen LogP contribution < -0.4 is 0 Å². The van der Waals surface area contributed by atoms with E-state index in [1.165, 1.54) is 8.61 Å². The van der Waals surface area contributed by atoms with Gasteiger partial charge in [0.25, 0.3) is 10.2 Å². The fourth-order valence-corrected chi connectivity index (χ4v) is 4.43. The minimum atomic E-state index is -3.35. The highest BCUT2D eigenvalue weighted by Gasteiger charge is 2.30. The summed E-state index contributed by atoms with van der Waals surface area (Å²) in [6.07, 6.45) is 2.27. The van der Waals surface area contributed by atoms with Gasteiger partial charge in [0.05, 0.1) is 0 Å². The Morgan fingerprint density at radius 3 is 2.31 bits per heavy atom. The Bertz CT molecular complexity index is 827. The Labute approximate surface area is 154 Å². The minimum absolute atomic E-state index is 0.179. The molecule has 3 rings (SSSR count). The van der Waals surface area contributed by atoms with E-state index in [2.05, 4.69) is 10.2 Å². The molecule has 1 aromatic carbocycles. The van der Waals surface area contributed by atoms with Crippen LogP contribution in [-0.4, -0.2) is 64.1 Å². The van der Waals surface area contributed by atoms with Crippen molar-refractivity contribution in [1.29, 1.82) is 0 Å². The quantitative estimate of drug-likeness (QED) is 0.802. The predicted molar refractivity (Wildman–Crippen MR) is 97.9 cm³/mol. The van der Waals surface area contributed by atoms with Crippen molar-refractivity contribution in [3.8, 4) is 5.69 Å². The van der Waals surface area contributed by atoms with Crippen molar-refractivity contribution in [3.63, 3.8) is 0 Å². The average Bonchev–Trinajstić information content (AvgIpc) is 3.05. The summed E-state index contributed by atoms with van der Waals surface area (Å²) in [5.74, 6) is 1.65. The minimum Gasteiger partial charge on any atom is -0.388 e. The number of aliphatic hydroxyl groups excluding tert-OH is 1. The average molecular weight is 379 g/mol. The molecule has 0 saturated carbocycles. The summed E-state index contributed by atoms with van der Waals surface area (Å²) in [4.78, 5) is 0. The number of aliphatic hydroxyl groups is 1. The Hall–Kier alpha value is -1.81. The SMILES string of the molecule is CN(C)S(=O)(=O)N1CCC(Cc2nnc(CO)n2-c2ccccc2)CC1. The lowest BCUT2D eigenvalue weighted by atomic mass is 9.94. The molecule has 1 aromatic heterocycles. The molecule has 1 fully saturated rings. The summed E-state index contributed by atoms with van der Waals surface area (Å²) in [7, 11) is -0.235. The van der Waals surface area contributed by atoms with Gasteiger partial charge in [-0.15, -0.1) is 10.2 Å². The lowest BCUT2D eigenvalue weighted by molar-refractivity contribution is 0.257. The van der Waals surface area contributed by atoms with Gasteiger partial charge in [-0.1, -0.05) is 18.2 Å². The van der Waals surface area contributed by atoms with E-state index in [-0.39, 0.29) is 6.61 Å². The van der Waals surface area contributed by atoms with Gasteiger partial charge in [-0.3, -0.25) is 4.57 Å². The molecule has 0 bridgehead atoms. The number of aromatic nitrogens is 3. The van der Waals surface area contributed by atoms with Gasteiger partial charge in [-0.2, -0.15) is 17.0 Å². The van der Waals surface area contributed by atoms with Crippen molar-refractivity contribution < 1.29 is 13.5 Å². The molecule has 8 nitrogen and oxygen atoms in total. The second-order valence-electron chi connectivity index (χ2n) is 6.70. The smallest absolute Gasteiger partial charge is 0.281 e. The highest BCUT2D eigenvalue weighted by Crippen LogP contribution is 2.25. The van der Waals surface area contributed by atoms with E-state index in [1.807, 2.05) is 34.9 Å². The monoisotopic (exact) mass is 379 g/mol. The first-order valence-corrected chi connectivity index (χ1v) is 10.1. The Morgan fingerprint density at radius 1 is 1.12 bits per heavy atom. The van der Waals surface area contributed by atoms with Crippen LogP contribution in [-0.2, 0) is 23.2 Å². The van der Waals surface area contributed by atoms with Gasteiger partial charge < -0.3 is 5.11 Å². The Balaban J connectivity index is 1.73. The topological polar surface area (TPSA) is 91.6 Å². The molecule has 0 atom stereocenters. The first kappa shape index (κ1) is 19.0. The molecule has 1 aliphatic heterocycles. The molecule has 0 spiro atoms. The maximum Gasteiger partial charge on any atom is 0.281 e. The van der Waals surface area contributed by atoms with Gasteiger partial charge in [0.2, 0.25) is 0 Å². The van der Waals surface area contributed by atoms with Crippen LogP contribution in [0.1, 0.15) is 24.5 Å². The molecule has 1 saturated heterocycles. The van der Waals surface area contributed by atoms with E-state index in [9.17, 15) is 13.5 Å². The molecule has 0 aliphatic carbocycles. The molecule has 0 unspecified atom stereocenters. The molecule has 142 valence electrons. The van der Waals surface area contributed by atoms with Gasteiger partial charge >= 0.3 is 0 Å². The summed E-state index contributed by atoms with van der Waals surface area (Å²) in [5.41, 5.74) is 0.921. The fourth-order valence-electron chi connectivity index (χ4n) is 3.30. The van der Waals surface area contributed by atoms with Crippen LogP contribution in [0.3, 0.4) is 0 Å². The zero-order chi connectivity index (χ0) is 18.7. The van der Waals surface area contributed by atoms with Crippen LogP contribution in [0.5, 0.6) is 0 Å². The number of hydrogen-bond donors (Lipinski definition) is 1. The maximum atomic E-state index is 12.2. The Morgan fingerprint density at radius 2 is 1.73 bits per heavy atom. The van der Waals surface area contributed by atoms with E-state index < -0.39 is 10.2 Å². The van der Waals surface area contributed by atoms with Crippen molar-refractivity contribution in [2.45, 2.75) is 25.9 Å². The molecule has 2 aromatic rings. The van der Waals surface area contributed by atoms with Crippen LogP contribution in [0, 0.1) is 5.92 Å². The molecule has 26 heavy (non-hydrogen) atoms. The molecular weight excluding hydrogens is 354 g/mol. The fraction of sp³-hybridized carbons (Fsp3) is 0.529. The molecule has 1 N–H and O–H groups in total. The summed E-state index contributed by atoms with van der Waals surface area (Å²) in [6.45, 7) is 0.844. The van der Waals surface area contributed by atoms with Crippen LogP contribution in [0.25, 0.3) is 5.69 Å². The lowest BCUT2D eigenvalue weighted by Crippen LogP contribution is -2.44. The van der Waals surface area contributed by atoms with E-state index in [0.717, 1.165) is 24.4 Å². The molecule has 9 heteroatoms. The molecule has 0 radical (unpaired) electrons. The molecule has 1 aliphatic rings. The van der Waals surface area contributed by atoms with Crippen molar-refractivity contribution in [1.82, 2.24) is 23.4 Å². The van der Waals surface area contributed by atoms with Crippen LogP contribution >= 0.6 is 0 Å². The lowest BCUT2D eigenvalue weighted by Gasteiger charge is -2.32. The molecule has 2 heterocycles. The summed E-state index contributed by atoms with van der Waals surface area (Å²) in [5, 5.41) is 17.9. The van der Waals surface area contributed by atoms with Crippen molar-refractivity contribution >= 4 is 10.2 Å². The number of piperidine rings is 1. The largest absolute Gasteiger partial charge is 0.388 e. The summed E-state index contributed by atoms with van der Waals surface area (Å²) >= 11 is 0. The van der Waals surface area contributed by atoms with Crippen molar-refractivity contribution in [2.75, 3.05) is 27.2 Å². The molecule has 0 amide bonds. The highest BCUT2D eigenvalue weighted by atomic mass is 32.2. The third kappa shape index (κ3) is 3.80. The second-order valence-corrected chi connectivity index (χ2v) is 8.84. The van der Waals surface area contributed by atoms with Gasteiger partial charge in [0, 0.05) is 39.3 Å². The van der Waals surface area contributed by atoms with Crippen LogP contribution in [0.2, 0.25) is 0 Å². The van der Waals surface area contributed by atoms with E-state index >= 15 is 0 Å². The van der Waals surface area contributed by atoms with E-state index in [1.54, 1.807) is 14.1 Å². The third-order valence-electron chi connectivity index (χ3n) is 4.79. The standard InChI is InChI=1S/C17H25N5O3S/c1-20(2)26(24,25)21-10-8-14(9-11-21)12-16-18-19-17(13-23)22(16)15-6-4-3-5-7-15/h3-7,14,23H,8-13H2,1-2H3. The summed E-state index contributed by atoms with van der Waals surface area (Å²) in [6, 6.07) is 9.72. The van der Waals surface area contributed by atoms with E-state index in [4.69, 9.17) is 0 Å². The van der Waals surface area contributed by atoms with Crippen molar-refractivity contribution in [3.05, 3.63) is 42.0 Å². The Kier molecular flexibility index (Phi) is 5.71. The second kappa shape index (κ2) is 7.83. The summed E-state index contributed by atoms with van der Waals surface area (Å²) < 4.78 is 29.1. The third-order valence-corrected chi connectivity index (χ3v) is 6.73. The number of rotatable bonds is 6. The number of para-hydroxylation sites is 1.